The minimum atomic E-state index is -0.634. The molecule has 7 nitrogen and oxygen atoms in total. The normalized spacial score (nSPS) is 16.1. The molecule has 0 spiro atoms. The lowest BCUT2D eigenvalue weighted by Crippen LogP contribution is -2.38. The number of nitrogens with zero attached hydrogens (tertiary/aromatic N) is 1. The summed E-state index contributed by atoms with van der Waals surface area (Å²) in [5.74, 6) is -0.315. The lowest BCUT2D eigenvalue weighted by atomic mass is 9.79. The quantitative estimate of drug-likeness (QED) is 0.436. The van der Waals surface area contributed by atoms with E-state index >= 15 is 0 Å². The summed E-state index contributed by atoms with van der Waals surface area (Å²) < 4.78 is 6.72. The molecule has 1 atom stereocenters. The first-order chi connectivity index (χ1) is 17.1. The number of carbonyl (C=O) groups is 1. The van der Waals surface area contributed by atoms with Gasteiger partial charge in [0.25, 0.3) is 5.56 Å². The summed E-state index contributed by atoms with van der Waals surface area (Å²) in [6, 6.07) is 21.3. The van der Waals surface area contributed by atoms with E-state index < -0.39 is 17.2 Å². The molecule has 4 aromatic rings. The van der Waals surface area contributed by atoms with Gasteiger partial charge in [-0.05, 0) is 22.8 Å². The molecule has 2 aliphatic rings. The molecule has 0 bridgehead atoms. The van der Waals surface area contributed by atoms with E-state index in [2.05, 4.69) is 10.3 Å². The number of hydrogen-bond donors (Lipinski definition) is 2. The fraction of sp³-hybridized carbons (Fsp3) is 0.179. The summed E-state index contributed by atoms with van der Waals surface area (Å²) >= 11 is 0. The Morgan fingerprint density at radius 3 is 2.49 bits per heavy atom. The highest BCUT2D eigenvalue weighted by Crippen LogP contribution is 2.49. The second kappa shape index (κ2) is 8.21. The van der Waals surface area contributed by atoms with Gasteiger partial charge in [0.1, 0.15) is 5.82 Å². The maximum Gasteiger partial charge on any atom is 0.329 e. The average Bonchev–Trinajstić information content (AvgIpc) is 3.16. The number of anilines is 1. The highest BCUT2D eigenvalue weighted by molar-refractivity contribution is 6.24. The third-order valence-corrected chi connectivity index (χ3v) is 6.88. The maximum atomic E-state index is 13.7. The molecule has 174 valence electrons. The molecule has 3 aromatic carbocycles. The number of methoxy groups -OCH3 is 1. The lowest BCUT2D eigenvalue weighted by molar-refractivity contribution is 0.103. The molecule has 0 unspecified atom stereocenters. The van der Waals surface area contributed by atoms with Crippen molar-refractivity contribution >= 4 is 28.1 Å². The zero-order valence-corrected chi connectivity index (χ0v) is 19.1. The van der Waals surface area contributed by atoms with Crippen LogP contribution in [0.4, 0.5) is 5.82 Å². The number of ether oxygens (including phenoxy) is 1. The number of H-pyrrole nitrogens is 1. The van der Waals surface area contributed by atoms with Crippen molar-refractivity contribution in [3.05, 3.63) is 115 Å². The van der Waals surface area contributed by atoms with Gasteiger partial charge in [-0.1, -0.05) is 66.7 Å². The molecule has 1 aliphatic carbocycles. The second-order valence-electron chi connectivity index (χ2n) is 8.81. The van der Waals surface area contributed by atoms with E-state index in [1.54, 1.807) is 17.7 Å². The molecule has 1 aromatic heterocycles. The summed E-state index contributed by atoms with van der Waals surface area (Å²) in [4.78, 5) is 42.5. The van der Waals surface area contributed by atoms with Crippen LogP contribution in [-0.4, -0.2) is 29.1 Å². The number of hydrogen-bond acceptors (Lipinski definition) is 5. The van der Waals surface area contributed by atoms with Crippen LogP contribution in [0.1, 0.15) is 39.4 Å². The number of aromatic nitrogens is 2. The minimum absolute atomic E-state index is 0.108. The van der Waals surface area contributed by atoms with Crippen LogP contribution in [0.15, 0.2) is 81.9 Å². The largest absolute Gasteiger partial charge is 0.385 e. The Kier molecular flexibility index (Phi) is 5.00. The minimum Gasteiger partial charge on any atom is -0.385 e. The van der Waals surface area contributed by atoms with Gasteiger partial charge in [0.15, 0.2) is 5.78 Å². The molecule has 0 saturated heterocycles. The Labute approximate surface area is 200 Å². The molecule has 0 amide bonds. The number of aromatic amines is 1. The van der Waals surface area contributed by atoms with Crippen LogP contribution in [0.5, 0.6) is 0 Å². The van der Waals surface area contributed by atoms with Gasteiger partial charge in [-0.2, -0.15) is 0 Å². The van der Waals surface area contributed by atoms with Crippen LogP contribution in [0.3, 0.4) is 0 Å². The van der Waals surface area contributed by atoms with E-state index in [9.17, 15) is 14.4 Å². The molecule has 1 aliphatic heterocycles. The van der Waals surface area contributed by atoms with Crippen LogP contribution < -0.4 is 16.6 Å². The fourth-order valence-corrected chi connectivity index (χ4v) is 5.36. The standard InChI is InChI=1S/C28H23N3O4/c1-35-15-7-14-31-26-23(27(33)30-28(31)34)21(18-13-6-9-16-8-2-3-10-17(16)18)22-24(29-26)19-11-4-5-12-20(19)25(22)32/h2-6,8-13,21,29H,7,14-15H2,1H3,(H,30,33,34)/t21-/m0/s1. The van der Waals surface area contributed by atoms with Crippen molar-refractivity contribution in [2.24, 2.45) is 0 Å². The second-order valence-corrected chi connectivity index (χ2v) is 8.81. The summed E-state index contributed by atoms with van der Waals surface area (Å²) in [6.45, 7) is 0.835. The van der Waals surface area contributed by atoms with E-state index in [0.29, 0.717) is 47.8 Å². The fourth-order valence-electron chi connectivity index (χ4n) is 5.36. The van der Waals surface area contributed by atoms with Gasteiger partial charge >= 0.3 is 5.69 Å². The summed E-state index contributed by atoms with van der Waals surface area (Å²) in [5, 5.41) is 5.30. The molecule has 0 radical (unpaired) electrons. The van der Waals surface area contributed by atoms with E-state index in [-0.39, 0.29) is 5.78 Å². The topological polar surface area (TPSA) is 93.2 Å². The molecule has 2 heterocycles. The zero-order valence-electron chi connectivity index (χ0n) is 19.1. The average molecular weight is 466 g/mol. The first-order valence-electron chi connectivity index (χ1n) is 11.6. The van der Waals surface area contributed by atoms with Crippen LogP contribution >= 0.6 is 0 Å². The van der Waals surface area contributed by atoms with Crippen molar-refractivity contribution in [1.29, 1.82) is 0 Å². The van der Waals surface area contributed by atoms with Crippen LogP contribution in [0.25, 0.3) is 16.5 Å². The number of carbonyl (C=O) groups excluding carboxylic acids is 1. The number of ketones is 1. The van der Waals surface area contributed by atoms with E-state index in [0.717, 1.165) is 21.9 Å². The monoisotopic (exact) mass is 465 g/mol. The Hall–Kier alpha value is -4.23. The predicted octanol–water partition coefficient (Wildman–Crippen LogP) is 3.89. The van der Waals surface area contributed by atoms with Crippen LogP contribution in [0, 0.1) is 0 Å². The molecule has 0 saturated carbocycles. The van der Waals surface area contributed by atoms with Crippen molar-refractivity contribution in [2.75, 3.05) is 19.0 Å². The number of rotatable bonds is 5. The zero-order chi connectivity index (χ0) is 24.1. The molecular formula is C28H23N3O4. The number of Topliss-reactive ketones (excluding diaryl/α,β-unsaturated/α-hetero) is 1. The van der Waals surface area contributed by atoms with Gasteiger partial charge in [0, 0.05) is 42.9 Å². The molecule has 0 fully saturated rings. The first-order valence-corrected chi connectivity index (χ1v) is 11.6. The van der Waals surface area contributed by atoms with Crippen molar-refractivity contribution < 1.29 is 9.53 Å². The number of allylic oxidation sites excluding steroid dienone is 1. The van der Waals surface area contributed by atoms with Crippen LogP contribution in [-0.2, 0) is 11.3 Å². The highest BCUT2D eigenvalue weighted by Gasteiger charge is 2.42. The van der Waals surface area contributed by atoms with Gasteiger partial charge in [-0.3, -0.25) is 19.1 Å². The Bertz CT molecular complexity index is 1660. The predicted molar refractivity (Wildman–Crippen MR) is 135 cm³/mol. The molecule has 7 heteroatoms. The number of fused-ring (bicyclic) bond motifs is 4. The highest BCUT2D eigenvalue weighted by atomic mass is 16.5. The van der Waals surface area contributed by atoms with Gasteiger partial charge < -0.3 is 10.1 Å². The van der Waals surface area contributed by atoms with E-state index in [4.69, 9.17) is 4.74 Å². The van der Waals surface area contributed by atoms with Crippen molar-refractivity contribution in [3.8, 4) is 0 Å². The van der Waals surface area contributed by atoms with Gasteiger partial charge in [-0.25, -0.2) is 4.79 Å². The SMILES string of the molecule is COCCCn1c2c(c(=O)[nH]c1=O)[C@@H](c1cccc3ccccc13)C1=C(N2)c2ccccc2C1=O. The summed E-state index contributed by atoms with van der Waals surface area (Å²) in [5.41, 5.74) is 2.80. The molecule has 6 rings (SSSR count). The number of benzene rings is 3. The van der Waals surface area contributed by atoms with E-state index in [1.165, 1.54) is 0 Å². The molecular weight excluding hydrogens is 442 g/mol. The Balaban J connectivity index is 1.68. The van der Waals surface area contributed by atoms with Crippen molar-refractivity contribution in [2.45, 2.75) is 18.9 Å². The summed E-state index contributed by atoms with van der Waals surface area (Å²) in [6.07, 6.45) is 0.594. The van der Waals surface area contributed by atoms with Gasteiger partial charge in [0.2, 0.25) is 0 Å². The van der Waals surface area contributed by atoms with Crippen molar-refractivity contribution in [1.82, 2.24) is 9.55 Å². The Morgan fingerprint density at radius 2 is 1.66 bits per heavy atom. The summed E-state index contributed by atoms with van der Waals surface area (Å²) in [7, 11) is 1.61. The number of nitrogens with one attached hydrogen (secondary N) is 2. The third-order valence-electron chi connectivity index (χ3n) is 6.88. The van der Waals surface area contributed by atoms with Crippen molar-refractivity contribution in [3.63, 3.8) is 0 Å². The van der Waals surface area contributed by atoms with E-state index in [1.807, 2.05) is 60.7 Å². The smallest absolute Gasteiger partial charge is 0.329 e. The molecule has 35 heavy (non-hydrogen) atoms. The first kappa shape index (κ1) is 21.3. The third kappa shape index (κ3) is 3.19. The lowest BCUT2D eigenvalue weighted by Gasteiger charge is -2.30. The van der Waals surface area contributed by atoms with Gasteiger partial charge in [0.05, 0.1) is 11.3 Å². The maximum absolute atomic E-state index is 13.7. The van der Waals surface area contributed by atoms with Crippen LogP contribution in [0.2, 0.25) is 0 Å². The molecule has 2 N–H and O–H groups in total. The van der Waals surface area contributed by atoms with Gasteiger partial charge in [-0.15, -0.1) is 0 Å². The Morgan fingerprint density at radius 1 is 0.914 bits per heavy atom.